The Hall–Kier alpha value is -4.49. The van der Waals surface area contributed by atoms with Crippen LogP contribution in [-0.2, 0) is 35.3 Å². The van der Waals surface area contributed by atoms with Gasteiger partial charge in [-0.3, -0.25) is 4.79 Å². The fraction of sp³-hybridized carbons (Fsp3) is 0.258. The molecule has 0 saturated carbocycles. The Morgan fingerprint density at radius 1 is 0.644 bits per heavy atom. The summed E-state index contributed by atoms with van der Waals surface area (Å²) in [7, 11) is 0. The fourth-order valence-corrected chi connectivity index (χ4v) is 4.03. The molecule has 2 aromatic carbocycles. The van der Waals surface area contributed by atoms with Crippen LogP contribution in [0, 0.1) is 12.7 Å². The molecule has 0 atom stereocenters. The minimum absolute atomic E-state index is 0.185. The summed E-state index contributed by atoms with van der Waals surface area (Å²) in [5.74, 6) is -1.23. The highest BCUT2D eigenvalue weighted by Crippen LogP contribution is 2.36. The van der Waals surface area contributed by atoms with E-state index in [1.165, 1.54) is 25.1 Å². The molecule has 0 radical (unpaired) electrons. The molecular weight excluding hydrogens is 620 g/mol. The quantitative estimate of drug-likeness (QED) is 0.168. The van der Waals surface area contributed by atoms with Crippen molar-refractivity contribution in [3.63, 3.8) is 0 Å². The van der Waals surface area contributed by atoms with Gasteiger partial charge in [-0.05, 0) is 48.9 Å². The van der Waals surface area contributed by atoms with E-state index in [0.29, 0.717) is 11.1 Å². The monoisotopic (exact) mass is 647 g/mol. The van der Waals surface area contributed by atoms with Crippen LogP contribution in [-0.4, -0.2) is 16.4 Å². The highest BCUT2D eigenvalue weighted by molar-refractivity contribution is 5.53. The van der Waals surface area contributed by atoms with Gasteiger partial charge in [0.1, 0.15) is 22.7 Å². The number of aryl methyl sites for hydroxylation is 1. The second kappa shape index (κ2) is 15.0. The van der Waals surface area contributed by atoms with Crippen molar-refractivity contribution in [1.29, 1.82) is 0 Å². The summed E-state index contributed by atoms with van der Waals surface area (Å²) in [5.41, 5.74) is -5.26. The Bertz CT molecular complexity index is 1480. The van der Waals surface area contributed by atoms with E-state index < -0.39 is 46.8 Å². The minimum atomic E-state index is -4.79. The van der Waals surface area contributed by atoms with Crippen LogP contribution in [0.25, 0.3) is 0 Å². The van der Waals surface area contributed by atoms with Crippen molar-refractivity contribution in [2.75, 3.05) is 0 Å². The summed E-state index contributed by atoms with van der Waals surface area (Å²) in [6, 6.07) is 17.2. The maximum Gasteiger partial charge on any atom is 0.433 e. The van der Waals surface area contributed by atoms with Gasteiger partial charge in [-0.2, -0.15) is 39.5 Å². The lowest BCUT2D eigenvalue weighted by atomic mass is 9.83. The summed E-state index contributed by atoms with van der Waals surface area (Å²) in [4.78, 5) is 18.8. The number of aromatic nitrogens is 2. The van der Waals surface area contributed by atoms with E-state index in [2.05, 4.69) is 15.3 Å². The van der Waals surface area contributed by atoms with Gasteiger partial charge < -0.3 is 5.32 Å². The van der Waals surface area contributed by atoms with Gasteiger partial charge in [-0.15, -0.1) is 0 Å². The largest absolute Gasteiger partial charge is 0.433 e. The summed E-state index contributed by atoms with van der Waals surface area (Å²) in [6.07, 6.45) is -14.2. The predicted molar refractivity (Wildman–Crippen MR) is 146 cm³/mol. The average Bonchev–Trinajstić information content (AvgIpc) is 2.99. The van der Waals surface area contributed by atoms with E-state index in [9.17, 15) is 48.7 Å². The van der Waals surface area contributed by atoms with Gasteiger partial charge >= 0.3 is 18.5 Å². The van der Waals surface area contributed by atoms with Crippen molar-refractivity contribution in [3.05, 3.63) is 130 Å². The first-order valence-corrected chi connectivity index (χ1v) is 13.2. The number of benzene rings is 2. The number of pyridine rings is 2. The number of nitrogens with one attached hydrogen (secondary N) is 1. The van der Waals surface area contributed by atoms with Crippen LogP contribution < -0.4 is 5.32 Å². The number of amides is 1. The zero-order valence-corrected chi connectivity index (χ0v) is 23.9. The number of carbonyl (C=O) groups is 1. The van der Waals surface area contributed by atoms with Crippen molar-refractivity contribution in [2.24, 2.45) is 0 Å². The highest BCUT2D eigenvalue weighted by atomic mass is 19.4. The van der Waals surface area contributed by atoms with Crippen LogP contribution >= 0.6 is 0 Å². The summed E-state index contributed by atoms with van der Waals surface area (Å²) < 4.78 is 128. The number of rotatable bonds is 6. The third kappa shape index (κ3) is 9.75. The molecule has 0 aliphatic heterocycles. The van der Waals surface area contributed by atoms with Gasteiger partial charge in [0.25, 0.3) is 0 Å². The standard InChI is InChI=1S/C21H15F6N3O.C8H6F4.C2H6/c22-20(23,24)17-10-4-8-15(29-17)19(28-13-31,12-14-6-2-1-3-7-14)16-9-5-11-18(30-16)21(25,26)27;1-5-2-3-7(9)6(4-5)8(10,11)12;1-2/h1-11,13H,12H2,(H,28,31);2-4H,1H3;1-2H3. The van der Waals surface area contributed by atoms with E-state index >= 15 is 0 Å². The molecule has 0 fully saturated rings. The molecule has 2 heterocycles. The number of nitrogens with zero attached hydrogens (tertiary/aromatic N) is 2. The van der Waals surface area contributed by atoms with Gasteiger partial charge in [0, 0.05) is 6.42 Å². The molecule has 2 aromatic heterocycles. The number of hydrogen-bond acceptors (Lipinski definition) is 3. The molecule has 4 nitrogen and oxygen atoms in total. The molecule has 14 heteroatoms. The third-order valence-electron chi connectivity index (χ3n) is 6.00. The second-order valence-corrected chi connectivity index (χ2v) is 9.12. The molecule has 1 N–H and O–H groups in total. The van der Waals surface area contributed by atoms with E-state index in [4.69, 9.17) is 0 Å². The molecule has 4 aromatic rings. The predicted octanol–water partition coefficient (Wildman–Crippen LogP) is 8.93. The van der Waals surface area contributed by atoms with E-state index in [0.717, 1.165) is 36.4 Å². The van der Waals surface area contributed by atoms with Gasteiger partial charge in [0.2, 0.25) is 6.41 Å². The van der Waals surface area contributed by atoms with Crippen LogP contribution in [0.1, 0.15) is 53.3 Å². The van der Waals surface area contributed by atoms with Crippen molar-refractivity contribution in [1.82, 2.24) is 15.3 Å². The van der Waals surface area contributed by atoms with Crippen molar-refractivity contribution in [2.45, 2.75) is 51.3 Å². The van der Waals surface area contributed by atoms with Crippen LogP contribution in [0.15, 0.2) is 84.9 Å². The van der Waals surface area contributed by atoms with Gasteiger partial charge in [0.15, 0.2) is 0 Å². The smallest absolute Gasteiger partial charge is 0.342 e. The molecule has 0 bridgehead atoms. The fourth-order valence-electron chi connectivity index (χ4n) is 4.03. The Morgan fingerprint density at radius 2 is 1.11 bits per heavy atom. The Balaban J connectivity index is 0.000000421. The molecule has 0 aliphatic carbocycles. The van der Waals surface area contributed by atoms with Crippen molar-refractivity contribution >= 4 is 6.41 Å². The van der Waals surface area contributed by atoms with Gasteiger partial charge in [-0.1, -0.05) is 67.9 Å². The first-order chi connectivity index (χ1) is 21.0. The van der Waals surface area contributed by atoms with Crippen LogP contribution in [0.4, 0.5) is 43.9 Å². The van der Waals surface area contributed by atoms with Crippen LogP contribution in [0.2, 0.25) is 0 Å². The van der Waals surface area contributed by atoms with Gasteiger partial charge in [0.05, 0.1) is 17.0 Å². The van der Waals surface area contributed by atoms with Crippen molar-refractivity contribution in [3.8, 4) is 0 Å². The highest BCUT2D eigenvalue weighted by Gasteiger charge is 2.42. The molecule has 0 saturated heterocycles. The molecule has 4 rings (SSSR count). The summed E-state index contributed by atoms with van der Waals surface area (Å²) >= 11 is 0. The number of carbonyl (C=O) groups excluding carboxylic acids is 1. The molecule has 242 valence electrons. The summed E-state index contributed by atoms with van der Waals surface area (Å²) in [5, 5.41) is 2.39. The van der Waals surface area contributed by atoms with Gasteiger partial charge in [-0.25, -0.2) is 14.4 Å². The molecular formula is C31H27F10N3O. The topological polar surface area (TPSA) is 54.9 Å². The summed E-state index contributed by atoms with van der Waals surface area (Å²) in [6.45, 7) is 5.48. The lowest BCUT2D eigenvalue weighted by Gasteiger charge is -2.33. The molecule has 0 unspecified atom stereocenters. The Kier molecular flexibility index (Phi) is 12.2. The number of hydrogen-bond donors (Lipinski definition) is 1. The van der Waals surface area contributed by atoms with Crippen molar-refractivity contribution < 1.29 is 48.7 Å². The number of alkyl halides is 9. The number of halogens is 10. The zero-order chi connectivity index (χ0) is 34.1. The lowest BCUT2D eigenvalue weighted by molar-refractivity contribution is -0.141. The normalized spacial score (nSPS) is 11.8. The third-order valence-corrected chi connectivity index (χ3v) is 6.00. The molecule has 0 aliphatic rings. The minimum Gasteiger partial charge on any atom is -0.342 e. The maximum absolute atomic E-state index is 13.3. The average molecular weight is 648 g/mol. The van der Waals surface area contributed by atoms with Crippen LogP contribution in [0.3, 0.4) is 0 Å². The van der Waals surface area contributed by atoms with Crippen LogP contribution in [0.5, 0.6) is 0 Å². The molecule has 45 heavy (non-hydrogen) atoms. The van der Waals surface area contributed by atoms with E-state index in [1.54, 1.807) is 30.3 Å². The van der Waals surface area contributed by atoms with E-state index in [-0.39, 0.29) is 24.2 Å². The maximum atomic E-state index is 13.3. The lowest BCUT2D eigenvalue weighted by Crippen LogP contribution is -2.46. The Morgan fingerprint density at radius 3 is 1.51 bits per heavy atom. The molecule has 0 spiro atoms. The zero-order valence-electron chi connectivity index (χ0n) is 23.9. The first-order valence-electron chi connectivity index (χ1n) is 13.2. The second-order valence-electron chi connectivity index (χ2n) is 9.12. The Labute approximate surface area is 252 Å². The van der Waals surface area contributed by atoms with E-state index in [1.807, 2.05) is 13.8 Å². The first kappa shape index (κ1) is 36.7. The SMILES string of the molecule is CC.Cc1ccc(F)c(C(F)(F)F)c1.O=CNC(Cc1ccccc1)(c1cccc(C(F)(F)F)n1)c1cccc(C(F)(F)F)n1. The molecule has 1 amide bonds.